The fourth-order valence-electron chi connectivity index (χ4n) is 2.39. The van der Waals surface area contributed by atoms with Gasteiger partial charge in [-0.3, -0.25) is 0 Å². The van der Waals surface area contributed by atoms with Crippen LogP contribution in [0.4, 0.5) is 13.2 Å². The second kappa shape index (κ2) is 8.47. The number of hydrogen-bond donors (Lipinski definition) is 3. The molecule has 0 unspecified atom stereocenters. The molecule has 0 spiro atoms. The van der Waals surface area contributed by atoms with Gasteiger partial charge in [-0.05, 0) is 50.5 Å². The van der Waals surface area contributed by atoms with Gasteiger partial charge < -0.3 is 20.5 Å². The number of nitrogens with one attached hydrogen (secondary N) is 2. The van der Waals surface area contributed by atoms with Crippen LogP contribution in [-0.4, -0.2) is 42.4 Å². The molecule has 1 aliphatic heterocycles. The van der Waals surface area contributed by atoms with Gasteiger partial charge in [-0.1, -0.05) is 0 Å². The minimum atomic E-state index is -4.51. The topological polar surface area (TPSA) is 66.4 Å². The van der Waals surface area contributed by atoms with Crippen LogP contribution in [0.1, 0.15) is 30.5 Å². The summed E-state index contributed by atoms with van der Waals surface area (Å²) >= 11 is 0. The molecule has 1 fully saturated rings. The standard InChI is InChI=1S/C15H22F3N3O2/c16-15(17,18)13-8-11(10-20-4-1-7-22)9-14(21-13)23-12-2-5-19-6-3-12/h8-9,12,19-20,22H,1-7,10H2. The second-order valence-electron chi connectivity index (χ2n) is 5.52. The first-order chi connectivity index (χ1) is 11.0. The molecule has 23 heavy (non-hydrogen) atoms. The zero-order chi connectivity index (χ0) is 16.7. The summed E-state index contributed by atoms with van der Waals surface area (Å²) in [4.78, 5) is 3.61. The van der Waals surface area contributed by atoms with Crippen molar-refractivity contribution in [2.24, 2.45) is 0 Å². The van der Waals surface area contributed by atoms with Crippen LogP contribution in [0.5, 0.6) is 5.88 Å². The number of rotatable bonds is 7. The van der Waals surface area contributed by atoms with Gasteiger partial charge in [-0.15, -0.1) is 0 Å². The van der Waals surface area contributed by atoms with E-state index in [1.165, 1.54) is 0 Å². The maximum absolute atomic E-state index is 13.0. The molecule has 1 aliphatic rings. The quantitative estimate of drug-likeness (QED) is 0.663. The van der Waals surface area contributed by atoms with Crippen molar-refractivity contribution in [1.82, 2.24) is 15.6 Å². The van der Waals surface area contributed by atoms with Crippen LogP contribution >= 0.6 is 0 Å². The SMILES string of the molecule is OCCCNCc1cc(OC2CCNCC2)nc(C(F)(F)F)c1. The van der Waals surface area contributed by atoms with Crippen LogP contribution in [0, 0.1) is 0 Å². The molecular weight excluding hydrogens is 311 g/mol. The Hall–Kier alpha value is -1.38. The van der Waals surface area contributed by atoms with E-state index >= 15 is 0 Å². The lowest BCUT2D eigenvalue weighted by atomic mass is 10.1. The molecule has 0 bridgehead atoms. The molecule has 8 heteroatoms. The Balaban J connectivity index is 2.08. The Bertz CT molecular complexity index is 491. The van der Waals surface area contributed by atoms with Gasteiger partial charge >= 0.3 is 6.18 Å². The maximum atomic E-state index is 13.0. The minimum absolute atomic E-state index is 0.0192. The molecule has 1 saturated heterocycles. The maximum Gasteiger partial charge on any atom is 0.433 e. The van der Waals surface area contributed by atoms with E-state index in [-0.39, 0.29) is 25.1 Å². The zero-order valence-electron chi connectivity index (χ0n) is 12.8. The highest BCUT2D eigenvalue weighted by Gasteiger charge is 2.33. The Morgan fingerprint density at radius 1 is 1.30 bits per heavy atom. The summed E-state index contributed by atoms with van der Waals surface area (Å²) in [6, 6.07) is 2.57. The Kier molecular flexibility index (Phi) is 6.61. The monoisotopic (exact) mass is 333 g/mol. The van der Waals surface area contributed by atoms with Crippen molar-refractivity contribution in [1.29, 1.82) is 0 Å². The van der Waals surface area contributed by atoms with Gasteiger partial charge in [0.25, 0.3) is 0 Å². The highest BCUT2D eigenvalue weighted by molar-refractivity contribution is 5.27. The summed E-state index contributed by atoms with van der Waals surface area (Å²) in [7, 11) is 0. The summed E-state index contributed by atoms with van der Waals surface area (Å²) in [6.45, 7) is 2.43. The summed E-state index contributed by atoms with van der Waals surface area (Å²) in [6.07, 6.45) is -2.56. The van der Waals surface area contributed by atoms with Crippen LogP contribution in [0.2, 0.25) is 0 Å². The number of halogens is 3. The first-order valence-corrected chi connectivity index (χ1v) is 7.76. The van der Waals surface area contributed by atoms with Gasteiger partial charge in [0.2, 0.25) is 5.88 Å². The third-order valence-corrected chi connectivity index (χ3v) is 3.57. The minimum Gasteiger partial charge on any atom is -0.474 e. The molecular formula is C15H22F3N3O2. The highest BCUT2D eigenvalue weighted by Crippen LogP contribution is 2.30. The van der Waals surface area contributed by atoms with Crippen molar-refractivity contribution in [2.45, 2.75) is 38.1 Å². The average molecular weight is 333 g/mol. The molecule has 0 radical (unpaired) electrons. The van der Waals surface area contributed by atoms with Crippen LogP contribution in [0.15, 0.2) is 12.1 Å². The van der Waals surface area contributed by atoms with Crippen LogP contribution in [0.3, 0.4) is 0 Å². The van der Waals surface area contributed by atoms with E-state index < -0.39 is 11.9 Å². The van der Waals surface area contributed by atoms with Crippen molar-refractivity contribution in [2.75, 3.05) is 26.2 Å². The second-order valence-corrected chi connectivity index (χ2v) is 5.52. The molecule has 0 aromatic carbocycles. The zero-order valence-corrected chi connectivity index (χ0v) is 12.8. The molecule has 130 valence electrons. The Morgan fingerprint density at radius 2 is 2.04 bits per heavy atom. The molecule has 0 aliphatic carbocycles. The number of aliphatic hydroxyl groups excluding tert-OH is 1. The third kappa shape index (κ3) is 5.96. The molecule has 3 N–H and O–H groups in total. The normalized spacial score (nSPS) is 16.5. The number of hydrogen-bond acceptors (Lipinski definition) is 5. The van der Waals surface area contributed by atoms with Crippen LogP contribution < -0.4 is 15.4 Å². The van der Waals surface area contributed by atoms with E-state index in [9.17, 15) is 13.2 Å². The largest absolute Gasteiger partial charge is 0.474 e. The van der Waals surface area contributed by atoms with E-state index in [4.69, 9.17) is 9.84 Å². The number of pyridine rings is 1. The molecule has 2 heterocycles. The fourth-order valence-corrected chi connectivity index (χ4v) is 2.39. The summed E-state index contributed by atoms with van der Waals surface area (Å²) in [5, 5.41) is 14.9. The van der Waals surface area contributed by atoms with E-state index in [1.54, 1.807) is 6.07 Å². The van der Waals surface area contributed by atoms with E-state index in [2.05, 4.69) is 15.6 Å². The first kappa shape index (κ1) is 18.0. The number of aromatic nitrogens is 1. The van der Waals surface area contributed by atoms with Crippen molar-refractivity contribution in [3.05, 3.63) is 23.4 Å². The molecule has 0 saturated carbocycles. The molecule has 0 amide bonds. The lowest BCUT2D eigenvalue weighted by molar-refractivity contribution is -0.141. The molecule has 5 nitrogen and oxygen atoms in total. The molecule has 2 rings (SSSR count). The third-order valence-electron chi connectivity index (χ3n) is 3.57. The summed E-state index contributed by atoms with van der Waals surface area (Å²) in [5.41, 5.74) is -0.475. The summed E-state index contributed by atoms with van der Waals surface area (Å²) in [5.74, 6) is 0.0192. The molecule has 1 aromatic rings. The van der Waals surface area contributed by atoms with Gasteiger partial charge in [0.15, 0.2) is 0 Å². The van der Waals surface area contributed by atoms with Crippen LogP contribution in [-0.2, 0) is 12.7 Å². The van der Waals surface area contributed by atoms with Crippen molar-refractivity contribution >= 4 is 0 Å². The van der Waals surface area contributed by atoms with Crippen molar-refractivity contribution < 1.29 is 23.0 Å². The van der Waals surface area contributed by atoms with E-state index in [0.717, 1.165) is 32.0 Å². The van der Waals surface area contributed by atoms with E-state index in [1.807, 2.05) is 0 Å². The van der Waals surface area contributed by atoms with Gasteiger partial charge in [0, 0.05) is 19.2 Å². The number of nitrogens with zero attached hydrogens (tertiary/aromatic N) is 1. The lowest BCUT2D eigenvalue weighted by Gasteiger charge is -2.24. The molecule has 0 atom stereocenters. The average Bonchev–Trinajstić information content (AvgIpc) is 2.51. The number of alkyl halides is 3. The Labute approximate surface area is 133 Å². The van der Waals surface area contributed by atoms with E-state index in [0.29, 0.717) is 18.5 Å². The smallest absolute Gasteiger partial charge is 0.433 e. The summed E-state index contributed by atoms with van der Waals surface area (Å²) < 4.78 is 44.6. The highest BCUT2D eigenvalue weighted by atomic mass is 19.4. The van der Waals surface area contributed by atoms with Crippen molar-refractivity contribution in [3.63, 3.8) is 0 Å². The predicted octanol–water partition coefficient (Wildman–Crippen LogP) is 1.70. The predicted molar refractivity (Wildman–Crippen MR) is 79.2 cm³/mol. The first-order valence-electron chi connectivity index (χ1n) is 7.76. The van der Waals surface area contributed by atoms with Gasteiger partial charge in [0.1, 0.15) is 11.8 Å². The fraction of sp³-hybridized carbons (Fsp3) is 0.667. The van der Waals surface area contributed by atoms with Crippen molar-refractivity contribution in [3.8, 4) is 5.88 Å². The lowest BCUT2D eigenvalue weighted by Crippen LogP contribution is -2.34. The Morgan fingerprint density at radius 3 is 2.70 bits per heavy atom. The molecule has 1 aromatic heterocycles. The number of ether oxygens (including phenoxy) is 1. The van der Waals surface area contributed by atoms with Gasteiger partial charge in [-0.2, -0.15) is 13.2 Å². The number of aliphatic hydroxyl groups is 1. The number of piperidine rings is 1. The van der Waals surface area contributed by atoms with Crippen LogP contribution in [0.25, 0.3) is 0 Å². The van der Waals surface area contributed by atoms with Gasteiger partial charge in [0.05, 0.1) is 0 Å². The van der Waals surface area contributed by atoms with Gasteiger partial charge in [-0.25, -0.2) is 4.98 Å².